The molecule has 1 amide bonds. The normalized spacial score (nSPS) is 17.6. The second-order valence-corrected chi connectivity index (χ2v) is 12.5. The van der Waals surface area contributed by atoms with Crippen molar-refractivity contribution < 1.29 is 27.4 Å². The molecule has 2 atom stereocenters. The first kappa shape index (κ1) is 28.5. The molecule has 2 heterocycles. The lowest BCUT2D eigenvalue weighted by Gasteiger charge is -2.34. The smallest absolute Gasteiger partial charge is 0.268 e. The van der Waals surface area contributed by atoms with E-state index in [2.05, 4.69) is 11.6 Å². The molecule has 1 aromatic heterocycles. The molecular weight excluding hydrogens is 521 g/mol. The first-order valence-corrected chi connectivity index (χ1v) is 14.3. The standard InChI is InChI=1S/C29H34FN3O5S/c1-19-15-29(3,4)33(16-19)27-25(28(35)32-39(36,37)24-8-6-5-7-9-24)10-11-26(31-27)21-12-22(30)14-23(13-21)38-18-20(2)17-34/h5-14,19-20,34H,15-18H2,1-4H3,(H,32,35)/t19-,20?/m0/s1. The lowest BCUT2D eigenvalue weighted by Crippen LogP contribution is -2.41. The number of pyridine rings is 1. The van der Waals surface area contributed by atoms with Crippen molar-refractivity contribution in [1.29, 1.82) is 0 Å². The molecular formula is C29H34FN3O5S. The molecule has 208 valence electrons. The molecule has 0 saturated carbocycles. The molecule has 1 fully saturated rings. The Kier molecular flexibility index (Phi) is 8.27. The maximum Gasteiger partial charge on any atom is 0.268 e. The number of carbonyl (C=O) groups is 1. The van der Waals surface area contributed by atoms with Gasteiger partial charge in [-0.05, 0) is 62.6 Å². The minimum Gasteiger partial charge on any atom is -0.493 e. The van der Waals surface area contributed by atoms with E-state index >= 15 is 0 Å². The largest absolute Gasteiger partial charge is 0.493 e. The Balaban J connectivity index is 1.75. The summed E-state index contributed by atoms with van der Waals surface area (Å²) >= 11 is 0. The Hall–Kier alpha value is -3.50. The fourth-order valence-corrected chi connectivity index (χ4v) is 5.86. The molecule has 1 unspecified atom stereocenters. The average Bonchev–Trinajstić information content (AvgIpc) is 3.18. The molecule has 8 nitrogen and oxygen atoms in total. The zero-order chi connectivity index (χ0) is 28.4. The second kappa shape index (κ2) is 11.3. The Labute approximate surface area is 228 Å². The molecule has 0 radical (unpaired) electrons. The number of rotatable bonds is 9. The summed E-state index contributed by atoms with van der Waals surface area (Å²) in [5.41, 5.74) is 0.596. The number of benzene rings is 2. The summed E-state index contributed by atoms with van der Waals surface area (Å²) in [5, 5.41) is 9.26. The van der Waals surface area contributed by atoms with Crippen molar-refractivity contribution >= 4 is 21.7 Å². The van der Waals surface area contributed by atoms with Gasteiger partial charge in [0, 0.05) is 36.2 Å². The summed E-state index contributed by atoms with van der Waals surface area (Å²) in [4.78, 5) is 20.1. The zero-order valence-electron chi connectivity index (χ0n) is 22.5. The molecule has 2 aromatic carbocycles. The molecule has 10 heteroatoms. The van der Waals surface area contributed by atoms with Crippen LogP contribution in [0.15, 0.2) is 65.6 Å². The third-order valence-corrected chi connectivity index (χ3v) is 8.09. The van der Waals surface area contributed by atoms with Gasteiger partial charge < -0.3 is 14.7 Å². The first-order chi connectivity index (χ1) is 18.4. The summed E-state index contributed by atoms with van der Waals surface area (Å²) in [6.07, 6.45) is 0.850. The van der Waals surface area contributed by atoms with Crippen LogP contribution in [-0.2, 0) is 10.0 Å². The first-order valence-electron chi connectivity index (χ1n) is 12.8. The van der Waals surface area contributed by atoms with Crippen LogP contribution in [-0.4, -0.2) is 49.7 Å². The van der Waals surface area contributed by atoms with Crippen LogP contribution in [0.2, 0.25) is 0 Å². The highest BCUT2D eigenvalue weighted by Crippen LogP contribution is 2.38. The number of hydrogen-bond acceptors (Lipinski definition) is 7. The monoisotopic (exact) mass is 555 g/mol. The lowest BCUT2D eigenvalue weighted by atomic mass is 9.97. The van der Waals surface area contributed by atoms with E-state index in [-0.39, 0.29) is 35.1 Å². The van der Waals surface area contributed by atoms with Crippen molar-refractivity contribution in [2.75, 3.05) is 24.7 Å². The number of amides is 1. The summed E-state index contributed by atoms with van der Waals surface area (Å²) < 4.78 is 48.2. The molecule has 0 aliphatic carbocycles. The van der Waals surface area contributed by atoms with E-state index in [9.17, 15) is 22.7 Å². The number of aliphatic hydroxyl groups is 1. The summed E-state index contributed by atoms with van der Waals surface area (Å²) in [5.74, 6) is -0.511. The molecule has 3 aromatic rings. The van der Waals surface area contributed by atoms with Gasteiger partial charge in [0.25, 0.3) is 15.9 Å². The maximum absolute atomic E-state index is 14.6. The maximum atomic E-state index is 14.6. The number of nitrogens with zero attached hydrogens (tertiary/aromatic N) is 2. The van der Waals surface area contributed by atoms with E-state index in [0.29, 0.717) is 35.3 Å². The van der Waals surface area contributed by atoms with Crippen LogP contribution in [0.25, 0.3) is 11.3 Å². The van der Waals surface area contributed by atoms with Crippen LogP contribution in [0.4, 0.5) is 10.2 Å². The highest BCUT2D eigenvalue weighted by molar-refractivity contribution is 7.90. The van der Waals surface area contributed by atoms with Gasteiger partial charge in [-0.2, -0.15) is 0 Å². The van der Waals surface area contributed by atoms with Gasteiger partial charge in [-0.15, -0.1) is 0 Å². The molecule has 2 N–H and O–H groups in total. The Morgan fingerprint density at radius 1 is 1.21 bits per heavy atom. The number of carbonyl (C=O) groups excluding carboxylic acids is 1. The molecule has 1 saturated heterocycles. The number of aliphatic hydroxyl groups excluding tert-OH is 1. The van der Waals surface area contributed by atoms with E-state index in [1.807, 2.05) is 25.7 Å². The predicted octanol–water partition coefficient (Wildman–Crippen LogP) is 4.64. The fourth-order valence-electron chi connectivity index (χ4n) is 4.87. The number of hydrogen-bond donors (Lipinski definition) is 2. The van der Waals surface area contributed by atoms with E-state index in [1.165, 1.54) is 30.3 Å². The Morgan fingerprint density at radius 2 is 1.92 bits per heavy atom. The van der Waals surface area contributed by atoms with E-state index < -0.39 is 21.7 Å². The van der Waals surface area contributed by atoms with Crippen LogP contribution >= 0.6 is 0 Å². The summed E-state index contributed by atoms with van der Waals surface area (Å²) in [6, 6.07) is 15.0. The SMILES string of the molecule is CC(CO)COc1cc(F)cc(-c2ccc(C(=O)NS(=O)(=O)c3ccccc3)c(N3C[C@@H](C)CC3(C)C)n2)c1. The quantitative estimate of drug-likeness (QED) is 0.396. The van der Waals surface area contributed by atoms with Crippen LogP contribution < -0.4 is 14.4 Å². The predicted molar refractivity (Wildman–Crippen MR) is 148 cm³/mol. The van der Waals surface area contributed by atoms with Crippen LogP contribution in [0.3, 0.4) is 0 Å². The number of halogens is 1. The third kappa shape index (κ3) is 6.57. The van der Waals surface area contributed by atoms with Crippen molar-refractivity contribution in [3.8, 4) is 17.0 Å². The number of ether oxygens (including phenoxy) is 1. The highest BCUT2D eigenvalue weighted by Gasteiger charge is 2.39. The second-order valence-electron chi connectivity index (χ2n) is 10.8. The Morgan fingerprint density at radius 3 is 2.56 bits per heavy atom. The molecule has 1 aliphatic rings. The average molecular weight is 556 g/mol. The number of nitrogens with one attached hydrogen (secondary N) is 1. The molecule has 0 bridgehead atoms. The van der Waals surface area contributed by atoms with Gasteiger partial charge in [0.2, 0.25) is 0 Å². The number of anilines is 1. The molecule has 1 aliphatic heterocycles. The van der Waals surface area contributed by atoms with Crippen molar-refractivity contribution in [2.45, 2.75) is 44.6 Å². The minimum atomic E-state index is -4.11. The van der Waals surface area contributed by atoms with Gasteiger partial charge >= 0.3 is 0 Å². The number of aromatic nitrogens is 1. The van der Waals surface area contributed by atoms with Crippen molar-refractivity contribution in [1.82, 2.24) is 9.71 Å². The minimum absolute atomic E-state index is 0.0255. The highest BCUT2D eigenvalue weighted by atomic mass is 32.2. The lowest BCUT2D eigenvalue weighted by molar-refractivity contribution is 0.0981. The van der Waals surface area contributed by atoms with Gasteiger partial charge in [0.15, 0.2) is 0 Å². The fraction of sp³-hybridized carbons (Fsp3) is 0.379. The van der Waals surface area contributed by atoms with Crippen LogP contribution in [0, 0.1) is 17.7 Å². The summed E-state index contributed by atoms with van der Waals surface area (Å²) in [7, 11) is -4.11. The van der Waals surface area contributed by atoms with Gasteiger partial charge in [-0.1, -0.05) is 32.0 Å². The van der Waals surface area contributed by atoms with E-state index in [1.54, 1.807) is 30.3 Å². The third-order valence-electron chi connectivity index (χ3n) is 6.74. The van der Waals surface area contributed by atoms with Gasteiger partial charge in [-0.3, -0.25) is 4.79 Å². The Bertz CT molecular complexity index is 1450. The van der Waals surface area contributed by atoms with Gasteiger partial charge in [0.05, 0.1) is 22.8 Å². The topological polar surface area (TPSA) is 109 Å². The molecule has 4 rings (SSSR count). The summed E-state index contributed by atoms with van der Waals surface area (Å²) in [6.45, 7) is 8.79. The number of sulfonamides is 1. The van der Waals surface area contributed by atoms with Gasteiger partial charge in [0.1, 0.15) is 17.4 Å². The van der Waals surface area contributed by atoms with Crippen molar-refractivity contribution in [3.63, 3.8) is 0 Å². The molecule has 39 heavy (non-hydrogen) atoms. The zero-order valence-corrected chi connectivity index (χ0v) is 23.3. The van der Waals surface area contributed by atoms with Crippen LogP contribution in [0.1, 0.15) is 44.5 Å². The van der Waals surface area contributed by atoms with Crippen LogP contribution in [0.5, 0.6) is 5.75 Å². The van der Waals surface area contributed by atoms with Crippen molar-refractivity contribution in [2.24, 2.45) is 11.8 Å². The van der Waals surface area contributed by atoms with Crippen molar-refractivity contribution in [3.05, 3.63) is 72.0 Å². The van der Waals surface area contributed by atoms with E-state index in [0.717, 1.165) is 6.42 Å². The molecule has 0 spiro atoms. The van der Waals surface area contributed by atoms with Gasteiger partial charge in [-0.25, -0.2) is 22.5 Å². The van der Waals surface area contributed by atoms with E-state index in [4.69, 9.17) is 9.72 Å².